The van der Waals surface area contributed by atoms with Gasteiger partial charge in [0.2, 0.25) is 10.0 Å². The summed E-state index contributed by atoms with van der Waals surface area (Å²) < 4.78 is 27.5. The molecule has 1 amide bonds. The highest BCUT2D eigenvalue weighted by Gasteiger charge is 2.28. The number of carbonyl (C=O) groups excluding carboxylic acids is 1. The Bertz CT molecular complexity index is 1210. The van der Waals surface area contributed by atoms with Crippen LogP contribution in [0.3, 0.4) is 0 Å². The fourth-order valence-electron chi connectivity index (χ4n) is 3.98. The lowest BCUT2D eigenvalue weighted by atomic mass is 9.95. The minimum atomic E-state index is -3.56. The lowest BCUT2D eigenvalue weighted by molar-refractivity contribution is 0.102. The Morgan fingerprint density at radius 2 is 1.86 bits per heavy atom. The minimum Gasteiger partial charge on any atom is -0.358 e. The number of aromatic nitrogens is 1. The van der Waals surface area contributed by atoms with Crippen LogP contribution >= 0.6 is 0 Å². The highest BCUT2D eigenvalue weighted by Crippen LogP contribution is 2.30. The van der Waals surface area contributed by atoms with Gasteiger partial charge in [-0.2, -0.15) is 0 Å². The predicted molar refractivity (Wildman–Crippen MR) is 113 cm³/mol. The number of sulfonamides is 1. The maximum atomic E-state index is 12.8. The highest BCUT2D eigenvalue weighted by atomic mass is 32.2. The molecular formula is C22H23N3O3S. The third-order valence-electron chi connectivity index (χ3n) is 5.66. The molecule has 0 aliphatic heterocycles. The van der Waals surface area contributed by atoms with Gasteiger partial charge in [-0.1, -0.05) is 6.07 Å². The van der Waals surface area contributed by atoms with E-state index in [2.05, 4.69) is 15.0 Å². The van der Waals surface area contributed by atoms with Gasteiger partial charge in [0.25, 0.3) is 5.91 Å². The van der Waals surface area contributed by atoms with Crippen LogP contribution in [0.5, 0.6) is 0 Å². The van der Waals surface area contributed by atoms with Gasteiger partial charge in [-0.25, -0.2) is 13.1 Å². The van der Waals surface area contributed by atoms with Gasteiger partial charge in [-0.3, -0.25) is 4.79 Å². The number of hydrogen-bond donors (Lipinski definition) is 3. The third-order valence-corrected chi connectivity index (χ3v) is 7.18. The van der Waals surface area contributed by atoms with Crippen LogP contribution in [-0.2, 0) is 22.9 Å². The molecule has 0 unspecified atom stereocenters. The van der Waals surface area contributed by atoms with Gasteiger partial charge in [0.15, 0.2) is 0 Å². The molecule has 2 aliphatic carbocycles. The average Bonchev–Trinajstić information content (AvgIpc) is 3.44. The maximum Gasteiger partial charge on any atom is 0.255 e. The Morgan fingerprint density at radius 1 is 1.03 bits per heavy atom. The van der Waals surface area contributed by atoms with Gasteiger partial charge in [0.1, 0.15) is 0 Å². The van der Waals surface area contributed by atoms with Crippen molar-refractivity contribution in [2.45, 2.75) is 49.5 Å². The quantitative estimate of drug-likeness (QED) is 0.599. The van der Waals surface area contributed by atoms with E-state index in [1.807, 2.05) is 12.1 Å². The molecule has 7 heteroatoms. The summed E-state index contributed by atoms with van der Waals surface area (Å²) in [5.74, 6) is -0.248. The minimum absolute atomic E-state index is 0.0391. The number of aromatic amines is 1. The molecule has 0 spiro atoms. The van der Waals surface area contributed by atoms with Crippen LogP contribution in [0.2, 0.25) is 0 Å². The first kappa shape index (κ1) is 18.4. The number of carbonyl (C=O) groups is 1. The van der Waals surface area contributed by atoms with Gasteiger partial charge < -0.3 is 10.3 Å². The Balaban J connectivity index is 1.39. The first-order chi connectivity index (χ1) is 14.0. The molecule has 5 rings (SSSR count). The van der Waals surface area contributed by atoms with Gasteiger partial charge in [-0.15, -0.1) is 0 Å². The zero-order valence-electron chi connectivity index (χ0n) is 16.0. The van der Waals surface area contributed by atoms with Crippen molar-refractivity contribution in [2.24, 2.45) is 0 Å². The molecule has 1 fully saturated rings. The van der Waals surface area contributed by atoms with E-state index in [1.165, 1.54) is 30.2 Å². The van der Waals surface area contributed by atoms with Crippen molar-refractivity contribution < 1.29 is 13.2 Å². The normalized spacial score (nSPS) is 16.6. The smallest absolute Gasteiger partial charge is 0.255 e. The van der Waals surface area contributed by atoms with E-state index in [0.717, 1.165) is 36.6 Å². The molecule has 1 aromatic heterocycles. The van der Waals surface area contributed by atoms with E-state index >= 15 is 0 Å². The average molecular weight is 410 g/mol. The van der Waals surface area contributed by atoms with Crippen LogP contribution < -0.4 is 10.0 Å². The molecule has 6 nitrogen and oxygen atoms in total. The summed E-state index contributed by atoms with van der Waals surface area (Å²) >= 11 is 0. The number of amides is 1. The summed E-state index contributed by atoms with van der Waals surface area (Å²) in [4.78, 5) is 16.4. The number of aryl methyl sites for hydroxylation is 2. The van der Waals surface area contributed by atoms with Crippen molar-refractivity contribution >= 4 is 32.5 Å². The molecule has 0 bridgehead atoms. The number of hydrogen-bond acceptors (Lipinski definition) is 3. The topological polar surface area (TPSA) is 91.1 Å². The summed E-state index contributed by atoms with van der Waals surface area (Å²) in [5.41, 5.74) is 4.69. The fraction of sp³-hybridized carbons (Fsp3) is 0.318. The molecule has 2 aliphatic rings. The molecule has 29 heavy (non-hydrogen) atoms. The van der Waals surface area contributed by atoms with Gasteiger partial charge in [0, 0.05) is 33.9 Å². The van der Waals surface area contributed by atoms with Crippen molar-refractivity contribution in [2.75, 3.05) is 5.32 Å². The van der Waals surface area contributed by atoms with Crippen molar-refractivity contribution in [3.63, 3.8) is 0 Å². The summed E-state index contributed by atoms with van der Waals surface area (Å²) in [6.45, 7) is 0. The maximum absolute atomic E-state index is 12.8. The second kappa shape index (κ2) is 7.00. The molecule has 1 saturated carbocycles. The Labute approximate surface area is 169 Å². The van der Waals surface area contributed by atoms with Crippen LogP contribution in [0.15, 0.2) is 47.4 Å². The molecule has 1 heterocycles. The van der Waals surface area contributed by atoms with Crippen LogP contribution in [0, 0.1) is 0 Å². The molecule has 2 aromatic carbocycles. The van der Waals surface area contributed by atoms with Gasteiger partial charge in [-0.05, 0) is 80.5 Å². The molecule has 150 valence electrons. The van der Waals surface area contributed by atoms with Crippen molar-refractivity contribution in [1.82, 2.24) is 9.71 Å². The number of rotatable bonds is 5. The Morgan fingerprint density at radius 3 is 2.69 bits per heavy atom. The van der Waals surface area contributed by atoms with Crippen LogP contribution in [0.1, 0.15) is 47.3 Å². The standard InChI is InChI=1S/C22H23N3O3S/c26-22(14-8-11-21-19(12-14)18-6-1-2-7-20(18)24-21)23-16-4-3-5-17(13-16)29(27,28)25-15-9-10-15/h3-5,8,11-13,15,24-25H,1-2,6-7,9-10H2,(H,23,26). The Hall–Kier alpha value is -2.64. The monoisotopic (exact) mass is 409 g/mol. The zero-order chi connectivity index (χ0) is 20.0. The van der Waals surface area contributed by atoms with Crippen LogP contribution in [0.25, 0.3) is 10.9 Å². The predicted octanol–water partition coefficient (Wildman–Crippen LogP) is 3.74. The molecule has 0 saturated heterocycles. The van der Waals surface area contributed by atoms with Gasteiger partial charge in [0.05, 0.1) is 4.90 Å². The van der Waals surface area contributed by atoms with E-state index in [4.69, 9.17) is 0 Å². The number of nitrogens with one attached hydrogen (secondary N) is 3. The van der Waals surface area contributed by atoms with E-state index in [1.54, 1.807) is 24.3 Å². The molecule has 0 atom stereocenters. The van der Waals surface area contributed by atoms with E-state index in [-0.39, 0.29) is 16.8 Å². The van der Waals surface area contributed by atoms with Crippen molar-refractivity contribution in [3.05, 3.63) is 59.3 Å². The fourth-order valence-corrected chi connectivity index (χ4v) is 5.33. The first-order valence-electron chi connectivity index (χ1n) is 10.1. The van der Waals surface area contributed by atoms with Crippen molar-refractivity contribution in [1.29, 1.82) is 0 Å². The lowest BCUT2D eigenvalue weighted by Crippen LogP contribution is -2.25. The number of anilines is 1. The summed E-state index contributed by atoms with van der Waals surface area (Å²) in [6, 6.07) is 12.1. The molecule has 3 aromatic rings. The van der Waals surface area contributed by atoms with Crippen LogP contribution in [0.4, 0.5) is 5.69 Å². The third kappa shape index (κ3) is 3.68. The highest BCUT2D eigenvalue weighted by molar-refractivity contribution is 7.89. The molecular weight excluding hydrogens is 386 g/mol. The second-order valence-corrected chi connectivity index (χ2v) is 9.64. The Kier molecular flexibility index (Phi) is 4.44. The molecule has 3 N–H and O–H groups in total. The number of H-pyrrole nitrogens is 1. The summed E-state index contributed by atoms with van der Waals surface area (Å²) in [5, 5.41) is 3.94. The lowest BCUT2D eigenvalue weighted by Gasteiger charge is -2.11. The second-order valence-electron chi connectivity index (χ2n) is 7.93. The number of fused-ring (bicyclic) bond motifs is 3. The van der Waals surface area contributed by atoms with E-state index in [9.17, 15) is 13.2 Å². The molecule has 0 radical (unpaired) electrons. The van der Waals surface area contributed by atoms with Crippen LogP contribution in [-0.4, -0.2) is 25.4 Å². The zero-order valence-corrected chi connectivity index (χ0v) is 16.8. The van der Waals surface area contributed by atoms with Crippen molar-refractivity contribution in [3.8, 4) is 0 Å². The largest absolute Gasteiger partial charge is 0.358 e. The van der Waals surface area contributed by atoms with E-state index in [0.29, 0.717) is 11.3 Å². The van der Waals surface area contributed by atoms with Gasteiger partial charge >= 0.3 is 0 Å². The van der Waals surface area contributed by atoms with E-state index < -0.39 is 10.0 Å². The number of benzene rings is 2. The summed E-state index contributed by atoms with van der Waals surface area (Å²) in [7, 11) is -3.56. The SMILES string of the molecule is O=C(Nc1cccc(S(=O)(=O)NC2CC2)c1)c1ccc2[nH]c3c(c2c1)CCCC3. The first-order valence-corrected chi connectivity index (χ1v) is 11.6. The summed E-state index contributed by atoms with van der Waals surface area (Å²) in [6.07, 6.45) is 6.21.